The lowest BCUT2D eigenvalue weighted by Crippen LogP contribution is -2.31. The van der Waals surface area contributed by atoms with E-state index in [1.54, 1.807) is 20.2 Å². The average Bonchev–Trinajstić information content (AvgIpc) is 3.23. The molecular weight excluding hydrogens is 306 g/mol. The Bertz CT molecular complexity index is 919. The van der Waals surface area contributed by atoms with E-state index in [1.165, 1.54) is 21.3 Å². The summed E-state index contributed by atoms with van der Waals surface area (Å²) < 4.78 is 27.5. The number of sulfone groups is 1. The predicted molar refractivity (Wildman–Crippen MR) is 81.4 cm³/mol. The molecule has 3 rings (SSSR count). The van der Waals surface area contributed by atoms with Crippen molar-refractivity contribution in [3.63, 3.8) is 0 Å². The van der Waals surface area contributed by atoms with E-state index >= 15 is 0 Å². The van der Waals surface area contributed by atoms with E-state index in [1.807, 2.05) is 0 Å². The van der Waals surface area contributed by atoms with Gasteiger partial charge >= 0.3 is 5.69 Å². The summed E-state index contributed by atoms with van der Waals surface area (Å²) in [6.07, 6.45) is 1.81. The number of hydrogen-bond acceptors (Lipinski definition) is 4. The Morgan fingerprint density at radius 1 is 1.23 bits per heavy atom. The number of amides is 1. The molecule has 1 aromatic carbocycles. The second-order valence-corrected chi connectivity index (χ2v) is 7.64. The van der Waals surface area contributed by atoms with Gasteiger partial charge in [-0.1, -0.05) is 0 Å². The molecule has 8 heteroatoms. The quantitative estimate of drug-likeness (QED) is 0.853. The van der Waals surface area contributed by atoms with Gasteiger partial charge in [0.05, 0.1) is 15.9 Å². The molecule has 1 saturated carbocycles. The molecule has 0 unspecified atom stereocenters. The van der Waals surface area contributed by atoms with Crippen molar-refractivity contribution in [2.24, 2.45) is 14.1 Å². The van der Waals surface area contributed by atoms with Gasteiger partial charge in [-0.15, -0.1) is 0 Å². The molecule has 1 aliphatic carbocycles. The van der Waals surface area contributed by atoms with Crippen molar-refractivity contribution in [1.82, 2.24) is 14.5 Å². The fourth-order valence-electron chi connectivity index (χ4n) is 2.43. The number of rotatable bonds is 4. The number of benzene rings is 1. The van der Waals surface area contributed by atoms with Crippen LogP contribution in [0, 0.1) is 0 Å². The highest BCUT2D eigenvalue weighted by atomic mass is 32.2. The molecule has 1 aliphatic rings. The zero-order chi connectivity index (χ0) is 16.1. The molecule has 0 bridgehead atoms. The predicted octanol–water partition coefficient (Wildman–Crippen LogP) is -0.0707. The van der Waals surface area contributed by atoms with Crippen LogP contribution in [0.2, 0.25) is 0 Å². The Labute approximate surface area is 127 Å². The van der Waals surface area contributed by atoms with Gasteiger partial charge in [0.25, 0.3) is 0 Å². The summed E-state index contributed by atoms with van der Waals surface area (Å²) in [6, 6.07) is 4.58. The number of nitrogens with zero attached hydrogens (tertiary/aromatic N) is 2. The number of fused-ring (bicyclic) bond motifs is 1. The number of hydrogen-bond donors (Lipinski definition) is 1. The maximum Gasteiger partial charge on any atom is 0.328 e. The maximum atomic E-state index is 12.3. The highest BCUT2D eigenvalue weighted by Gasteiger charge is 2.27. The minimum Gasteiger partial charge on any atom is -0.352 e. The van der Waals surface area contributed by atoms with E-state index in [9.17, 15) is 18.0 Å². The molecule has 22 heavy (non-hydrogen) atoms. The highest BCUT2D eigenvalue weighted by Crippen LogP contribution is 2.20. The van der Waals surface area contributed by atoms with E-state index in [2.05, 4.69) is 5.32 Å². The smallest absolute Gasteiger partial charge is 0.328 e. The van der Waals surface area contributed by atoms with Crippen molar-refractivity contribution in [3.05, 3.63) is 28.7 Å². The Morgan fingerprint density at radius 2 is 1.86 bits per heavy atom. The highest BCUT2D eigenvalue weighted by molar-refractivity contribution is 7.92. The van der Waals surface area contributed by atoms with Gasteiger partial charge in [-0.05, 0) is 31.0 Å². The Kier molecular flexibility index (Phi) is 3.36. The van der Waals surface area contributed by atoms with E-state index in [-0.39, 0.29) is 16.6 Å². The molecule has 1 N–H and O–H groups in total. The van der Waals surface area contributed by atoms with Crippen LogP contribution in [0.4, 0.5) is 0 Å². The van der Waals surface area contributed by atoms with E-state index in [0.717, 1.165) is 12.8 Å². The van der Waals surface area contributed by atoms with Crippen molar-refractivity contribution >= 4 is 26.8 Å². The Balaban J connectivity index is 1.96. The first-order valence-electron chi connectivity index (χ1n) is 6.97. The summed E-state index contributed by atoms with van der Waals surface area (Å²) >= 11 is 0. The fourth-order valence-corrected chi connectivity index (χ4v) is 3.59. The lowest BCUT2D eigenvalue weighted by atomic mass is 10.3. The van der Waals surface area contributed by atoms with Crippen molar-refractivity contribution < 1.29 is 13.2 Å². The van der Waals surface area contributed by atoms with Crippen LogP contribution < -0.4 is 11.0 Å². The monoisotopic (exact) mass is 323 g/mol. The third-order valence-corrected chi connectivity index (χ3v) is 5.48. The average molecular weight is 323 g/mol. The standard InChI is InChI=1S/C14H17N3O4S/c1-16-11-6-5-10(7-12(11)17(2)14(16)19)22(20,21)8-13(18)15-9-3-4-9/h5-7,9H,3-4,8H2,1-2H3,(H,15,18). The fraction of sp³-hybridized carbons (Fsp3) is 0.429. The third kappa shape index (κ3) is 2.54. The molecule has 2 aromatic rings. The third-order valence-electron chi connectivity index (χ3n) is 3.87. The van der Waals surface area contributed by atoms with Crippen LogP contribution in [0.3, 0.4) is 0 Å². The molecule has 0 radical (unpaired) electrons. The van der Waals surface area contributed by atoms with Crippen molar-refractivity contribution in [2.75, 3.05) is 5.75 Å². The minimum absolute atomic E-state index is 0.0483. The molecule has 0 aliphatic heterocycles. The van der Waals surface area contributed by atoms with Gasteiger partial charge in [0.2, 0.25) is 5.91 Å². The largest absolute Gasteiger partial charge is 0.352 e. The molecule has 7 nitrogen and oxygen atoms in total. The van der Waals surface area contributed by atoms with Gasteiger partial charge in [-0.3, -0.25) is 13.9 Å². The maximum absolute atomic E-state index is 12.3. The zero-order valence-corrected chi connectivity index (χ0v) is 13.2. The van der Waals surface area contributed by atoms with Crippen LogP contribution >= 0.6 is 0 Å². The summed E-state index contributed by atoms with van der Waals surface area (Å²) in [5.41, 5.74) is 0.945. The SMILES string of the molecule is Cn1c(=O)n(C)c2cc(S(=O)(=O)CC(=O)NC3CC3)ccc21. The Morgan fingerprint density at radius 3 is 2.50 bits per heavy atom. The molecule has 0 spiro atoms. The second-order valence-electron chi connectivity index (χ2n) is 5.65. The summed E-state index contributed by atoms with van der Waals surface area (Å²) in [5.74, 6) is -1.06. The van der Waals surface area contributed by atoms with Gasteiger partial charge < -0.3 is 5.32 Å². The molecule has 0 atom stereocenters. The molecule has 0 saturated heterocycles. The topological polar surface area (TPSA) is 90.2 Å². The molecule has 1 heterocycles. The number of carbonyl (C=O) groups excluding carboxylic acids is 1. The van der Waals surface area contributed by atoms with E-state index < -0.39 is 21.5 Å². The lowest BCUT2D eigenvalue weighted by Gasteiger charge is -2.06. The van der Waals surface area contributed by atoms with Crippen LogP contribution in [0.1, 0.15) is 12.8 Å². The number of carbonyl (C=O) groups is 1. The first-order valence-corrected chi connectivity index (χ1v) is 8.62. The van der Waals surface area contributed by atoms with E-state index in [0.29, 0.717) is 11.0 Å². The molecule has 1 aromatic heterocycles. The summed E-state index contributed by atoms with van der Waals surface area (Å²) in [6.45, 7) is 0. The molecular formula is C14H17N3O4S. The van der Waals surface area contributed by atoms with Crippen LogP contribution in [0.15, 0.2) is 27.9 Å². The number of imidazole rings is 1. The van der Waals surface area contributed by atoms with Crippen molar-refractivity contribution in [1.29, 1.82) is 0 Å². The van der Waals surface area contributed by atoms with Gasteiger partial charge in [0.15, 0.2) is 9.84 Å². The van der Waals surface area contributed by atoms with Crippen LogP contribution in [0.25, 0.3) is 11.0 Å². The number of aromatic nitrogens is 2. The summed E-state index contributed by atoms with van der Waals surface area (Å²) in [7, 11) is -0.515. The molecule has 118 valence electrons. The first kappa shape index (κ1) is 14.8. The van der Waals surface area contributed by atoms with E-state index in [4.69, 9.17) is 0 Å². The van der Waals surface area contributed by atoms with Gasteiger partial charge in [0.1, 0.15) is 5.75 Å². The second kappa shape index (κ2) is 4.98. The van der Waals surface area contributed by atoms with Crippen LogP contribution in [-0.4, -0.2) is 35.3 Å². The van der Waals surface area contributed by atoms with Crippen molar-refractivity contribution in [3.8, 4) is 0 Å². The number of nitrogens with one attached hydrogen (secondary N) is 1. The molecule has 1 amide bonds. The molecule has 1 fully saturated rings. The first-order chi connectivity index (χ1) is 10.3. The summed E-state index contributed by atoms with van der Waals surface area (Å²) in [5, 5.41) is 2.66. The Hall–Kier alpha value is -2.09. The van der Waals surface area contributed by atoms with Gasteiger partial charge in [-0.2, -0.15) is 0 Å². The van der Waals surface area contributed by atoms with Crippen molar-refractivity contribution in [2.45, 2.75) is 23.8 Å². The van der Waals surface area contributed by atoms with Gasteiger partial charge in [-0.25, -0.2) is 13.2 Å². The lowest BCUT2D eigenvalue weighted by molar-refractivity contribution is -0.118. The van der Waals surface area contributed by atoms with Crippen LogP contribution in [0.5, 0.6) is 0 Å². The minimum atomic E-state index is -3.73. The zero-order valence-electron chi connectivity index (χ0n) is 12.4. The summed E-state index contributed by atoms with van der Waals surface area (Å²) in [4.78, 5) is 23.6. The normalized spacial score (nSPS) is 15.2. The van der Waals surface area contributed by atoms with Crippen LogP contribution in [-0.2, 0) is 28.7 Å². The number of aryl methyl sites for hydroxylation is 2. The van der Waals surface area contributed by atoms with Gasteiger partial charge in [0, 0.05) is 20.1 Å².